The van der Waals surface area contributed by atoms with Gasteiger partial charge in [0.1, 0.15) is 5.75 Å². The molecule has 0 spiro atoms. The number of hydrogen-bond donors (Lipinski definition) is 1. The number of carbonyl (C=O) groups is 1. The molecule has 2 aromatic carbocycles. The van der Waals surface area contributed by atoms with Crippen LogP contribution in [0.2, 0.25) is 5.02 Å². The summed E-state index contributed by atoms with van der Waals surface area (Å²) in [6.07, 6.45) is 0. The van der Waals surface area contributed by atoms with Crippen LogP contribution in [0, 0.1) is 0 Å². The number of nitrogens with zero attached hydrogens (tertiary/aromatic N) is 1. The van der Waals surface area contributed by atoms with E-state index in [1.807, 2.05) is 24.3 Å². The van der Waals surface area contributed by atoms with Crippen molar-refractivity contribution < 1.29 is 14.4 Å². The van der Waals surface area contributed by atoms with Crippen LogP contribution in [0.5, 0.6) is 5.75 Å². The molecule has 0 aromatic heterocycles. The van der Waals surface area contributed by atoms with Crippen LogP contribution < -0.4 is 10.5 Å². The molecule has 2 N–H and O–H groups in total. The van der Waals surface area contributed by atoms with Gasteiger partial charge in [-0.05, 0) is 47.9 Å². The van der Waals surface area contributed by atoms with Crippen molar-refractivity contribution in [2.45, 2.75) is 19.8 Å². The Kier molecular flexibility index (Phi) is 6.21. The Hall–Kier alpha value is -2.53. The SMILES string of the molecule is CC(C)c1ccc(OCC(=O)O/N=C(/N)c2ccc(Cl)cc2)cc1. The molecule has 24 heavy (non-hydrogen) atoms. The van der Waals surface area contributed by atoms with Crippen LogP contribution in [0.1, 0.15) is 30.9 Å². The second kappa shape index (κ2) is 8.36. The lowest BCUT2D eigenvalue weighted by Crippen LogP contribution is -2.17. The second-order valence-electron chi connectivity index (χ2n) is 5.46. The lowest BCUT2D eigenvalue weighted by Gasteiger charge is -2.08. The van der Waals surface area contributed by atoms with E-state index in [0.717, 1.165) is 0 Å². The Morgan fingerprint density at radius 3 is 2.33 bits per heavy atom. The largest absolute Gasteiger partial charge is 0.482 e. The Bertz CT molecular complexity index is 710. The summed E-state index contributed by atoms with van der Waals surface area (Å²) in [5, 5.41) is 4.18. The molecule has 6 heteroatoms. The first kappa shape index (κ1) is 17.8. The van der Waals surface area contributed by atoms with E-state index in [1.165, 1.54) is 5.56 Å². The number of ether oxygens (including phenoxy) is 1. The molecule has 126 valence electrons. The molecule has 0 aliphatic rings. The standard InChI is InChI=1S/C18H19ClN2O3/c1-12(2)13-5-9-16(10-6-13)23-11-17(22)24-21-18(20)14-3-7-15(19)8-4-14/h3-10,12H,11H2,1-2H3,(H2,20,21). The Morgan fingerprint density at radius 2 is 1.75 bits per heavy atom. The zero-order valence-electron chi connectivity index (χ0n) is 13.5. The van der Waals surface area contributed by atoms with Gasteiger partial charge in [-0.25, -0.2) is 4.79 Å². The van der Waals surface area contributed by atoms with E-state index < -0.39 is 5.97 Å². The molecule has 2 rings (SSSR count). The highest BCUT2D eigenvalue weighted by molar-refractivity contribution is 6.30. The molecular weight excluding hydrogens is 328 g/mol. The summed E-state index contributed by atoms with van der Waals surface area (Å²) in [6, 6.07) is 14.3. The van der Waals surface area contributed by atoms with Gasteiger partial charge in [0.15, 0.2) is 12.4 Å². The fraction of sp³-hybridized carbons (Fsp3) is 0.222. The number of nitrogens with two attached hydrogens (primary N) is 1. The predicted octanol–water partition coefficient (Wildman–Crippen LogP) is 3.71. The normalized spacial score (nSPS) is 11.4. The van der Waals surface area contributed by atoms with Gasteiger partial charge in [-0.3, -0.25) is 0 Å². The van der Waals surface area contributed by atoms with Crippen LogP contribution >= 0.6 is 11.6 Å². The summed E-state index contributed by atoms with van der Waals surface area (Å²) in [6.45, 7) is 3.96. The fourth-order valence-corrected chi connectivity index (χ4v) is 2.02. The van der Waals surface area contributed by atoms with Gasteiger partial charge in [-0.15, -0.1) is 0 Å². The average molecular weight is 347 g/mol. The van der Waals surface area contributed by atoms with E-state index in [9.17, 15) is 4.79 Å². The molecule has 0 fully saturated rings. The van der Waals surface area contributed by atoms with Gasteiger partial charge in [-0.1, -0.05) is 42.7 Å². The summed E-state index contributed by atoms with van der Waals surface area (Å²) < 4.78 is 5.35. The zero-order chi connectivity index (χ0) is 17.5. The maximum Gasteiger partial charge on any atom is 0.372 e. The third-order valence-corrected chi connectivity index (χ3v) is 3.54. The van der Waals surface area contributed by atoms with E-state index in [1.54, 1.807) is 24.3 Å². The molecule has 0 unspecified atom stereocenters. The lowest BCUT2D eigenvalue weighted by atomic mass is 10.0. The minimum absolute atomic E-state index is 0.0845. The van der Waals surface area contributed by atoms with Crippen LogP contribution in [-0.4, -0.2) is 18.4 Å². The van der Waals surface area contributed by atoms with Crippen molar-refractivity contribution in [2.75, 3.05) is 6.61 Å². The van der Waals surface area contributed by atoms with E-state index in [-0.39, 0.29) is 12.4 Å². The topological polar surface area (TPSA) is 73.9 Å². The monoisotopic (exact) mass is 346 g/mol. The van der Waals surface area contributed by atoms with Gasteiger partial charge in [0.05, 0.1) is 0 Å². The molecule has 5 nitrogen and oxygen atoms in total. The first-order valence-corrected chi connectivity index (χ1v) is 7.85. The third kappa shape index (κ3) is 5.28. The third-order valence-electron chi connectivity index (χ3n) is 3.29. The quantitative estimate of drug-likeness (QED) is 0.374. The molecule has 0 amide bonds. The van der Waals surface area contributed by atoms with Crippen molar-refractivity contribution in [3.8, 4) is 5.75 Å². The summed E-state index contributed by atoms with van der Waals surface area (Å²) in [5.41, 5.74) is 7.54. The molecule has 0 aliphatic carbocycles. The molecule has 0 aliphatic heterocycles. The molecule has 0 saturated carbocycles. The minimum atomic E-state index is -0.639. The van der Waals surface area contributed by atoms with Gasteiger partial charge in [0.2, 0.25) is 0 Å². The summed E-state index contributed by atoms with van der Waals surface area (Å²) in [7, 11) is 0. The molecule has 0 bridgehead atoms. The molecule has 0 saturated heterocycles. The number of hydrogen-bond acceptors (Lipinski definition) is 4. The maximum absolute atomic E-state index is 11.7. The second-order valence-corrected chi connectivity index (χ2v) is 5.90. The molecule has 0 atom stereocenters. The first-order chi connectivity index (χ1) is 11.5. The summed E-state index contributed by atoms with van der Waals surface area (Å²) in [5.74, 6) is 0.473. The summed E-state index contributed by atoms with van der Waals surface area (Å²) in [4.78, 5) is 16.4. The molecule has 0 radical (unpaired) electrons. The van der Waals surface area contributed by atoms with Crippen molar-refractivity contribution in [1.82, 2.24) is 0 Å². The predicted molar refractivity (Wildman–Crippen MR) is 94.3 cm³/mol. The molecular formula is C18H19ClN2O3. The Labute approximate surface area is 146 Å². The fourth-order valence-electron chi connectivity index (χ4n) is 1.89. The van der Waals surface area contributed by atoms with Crippen molar-refractivity contribution in [1.29, 1.82) is 0 Å². The van der Waals surface area contributed by atoms with Crippen molar-refractivity contribution in [2.24, 2.45) is 10.9 Å². The van der Waals surface area contributed by atoms with Crippen molar-refractivity contribution in [3.63, 3.8) is 0 Å². The maximum atomic E-state index is 11.7. The highest BCUT2D eigenvalue weighted by Crippen LogP contribution is 2.18. The average Bonchev–Trinajstić information content (AvgIpc) is 2.58. The Balaban J connectivity index is 1.84. The Morgan fingerprint density at radius 1 is 1.12 bits per heavy atom. The highest BCUT2D eigenvalue weighted by atomic mass is 35.5. The first-order valence-electron chi connectivity index (χ1n) is 7.47. The van der Waals surface area contributed by atoms with E-state index in [4.69, 9.17) is 26.9 Å². The van der Waals surface area contributed by atoms with Gasteiger partial charge < -0.3 is 15.3 Å². The van der Waals surface area contributed by atoms with Crippen LogP contribution in [-0.2, 0) is 9.63 Å². The zero-order valence-corrected chi connectivity index (χ0v) is 14.3. The number of benzene rings is 2. The van der Waals surface area contributed by atoms with Crippen molar-refractivity contribution >= 4 is 23.4 Å². The van der Waals surface area contributed by atoms with Gasteiger partial charge >= 0.3 is 5.97 Å². The minimum Gasteiger partial charge on any atom is -0.482 e. The van der Waals surface area contributed by atoms with E-state index >= 15 is 0 Å². The summed E-state index contributed by atoms with van der Waals surface area (Å²) >= 11 is 5.79. The van der Waals surface area contributed by atoms with Crippen LogP contribution in [0.4, 0.5) is 0 Å². The van der Waals surface area contributed by atoms with Gasteiger partial charge in [-0.2, -0.15) is 0 Å². The smallest absolute Gasteiger partial charge is 0.372 e. The molecule has 2 aromatic rings. The number of oxime groups is 1. The van der Waals surface area contributed by atoms with Gasteiger partial charge in [0, 0.05) is 10.6 Å². The van der Waals surface area contributed by atoms with Crippen LogP contribution in [0.15, 0.2) is 53.7 Å². The number of carbonyl (C=O) groups excluding carboxylic acids is 1. The van der Waals surface area contributed by atoms with Crippen LogP contribution in [0.3, 0.4) is 0 Å². The lowest BCUT2D eigenvalue weighted by molar-refractivity contribution is -0.146. The van der Waals surface area contributed by atoms with E-state index in [0.29, 0.717) is 22.3 Å². The number of amidine groups is 1. The number of halogens is 1. The van der Waals surface area contributed by atoms with Gasteiger partial charge in [0.25, 0.3) is 0 Å². The molecule has 0 heterocycles. The van der Waals surface area contributed by atoms with Crippen LogP contribution in [0.25, 0.3) is 0 Å². The van der Waals surface area contributed by atoms with Crippen molar-refractivity contribution in [3.05, 3.63) is 64.7 Å². The highest BCUT2D eigenvalue weighted by Gasteiger charge is 2.07. The number of rotatable bonds is 6. The van der Waals surface area contributed by atoms with E-state index in [2.05, 4.69) is 19.0 Å².